The van der Waals surface area contributed by atoms with E-state index in [1.165, 1.54) is 0 Å². The van der Waals surface area contributed by atoms with Gasteiger partial charge in [-0.3, -0.25) is 9.59 Å². The van der Waals surface area contributed by atoms with Crippen LogP contribution in [0.3, 0.4) is 0 Å². The van der Waals surface area contributed by atoms with Gasteiger partial charge in [-0.15, -0.1) is 0 Å². The summed E-state index contributed by atoms with van der Waals surface area (Å²) in [6, 6.07) is 5.28. The number of hydrogen-bond donors (Lipinski definition) is 2. The number of amides is 3. The minimum absolute atomic E-state index is 0.0645. The molecule has 2 aliphatic heterocycles. The van der Waals surface area contributed by atoms with Gasteiger partial charge in [-0.2, -0.15) is 4.98 Å². The van der Waals surface area contributed by atoms with E-state index in [-0.39, 0.29) is 46.9 Å². The van der Waals surface area contributed by atoms with Crippen LogP contribution in [0.2, 0.25) is 0 Å². The standard InChI is InChI=1S/C40H61N7O6/c1-11-30-35(49)45(9)31-23-41-36(44-33(31)47(30)27-14-12-13-15-27)43-29-17-16-26(22-32(29)51-10)34(48)42-24-39(5,6)40(7,8)25-52-28-18-20-46(21-19-28)37(50)53-38(2,3)4/h16-17,22-23,27-28,30H,11-15,18-21,24-25H2,1-10H3,(H,42,48)(H,41,43,44). The van der Waals surface area contributed by atoms with Gasteiger partial charge in [-0.25, -0.2) is 9.78 Å². The zero-order valence-corrected chi connectivity index (χ0v) is 33.5. The predicted molar refractivity (Wildman–Crippen MR) is 207 cm³/mol. The number of carbonyl (C=O) groups excluding carboxylic acids is 3. The first kappa shape index (κ1) is 40.1. The van der Waals surface area contributed by atoms with Crippen molar-refractivity contribution in [3.8, 4) is 5.75 Å². The summed E-state index contributed by atoms with van der Waals surface area (Å²) >= 11 is 0. The molecule has 2 aromatic rings. The summed E-state index contributed by atoms with van der Waals surface area (Å²) in [4.78, 5) is 54.3. The fraction of sp³-hybridized carbons (Fsp3) is 0.675. The molecule has 3 aliphatic rings. The lowest BCUT2D eigenvalue weighted by atomic mass is 9.68. The van der Waals surface area contributed by atoms with Gasteiger partial charge < -0.3 is 39.5 Å². The zero-order valence-electron chi connectivity index (χ0n) is 33.5. The summed E-state index contributed by atoms with van der Waals surface area (Å²) in [7, 11) is 3.35. The van der Waals surface area contributed by atoms with Crippen LogP contribution in [0.5, 0.6) is 5.75 Å². The third-order valence-corrected chi connectivity index (χ3v) is 11.4. The quantitative estimate of drug-likeness (QED) is 0.236. The third-order valence-electron chi connectivity index (χ3n) is 11.4. The molecule has 3 amide bonds. The predicted octanol–water partition coefficient (Wildman–Crippen LogP) is 6.93. The SMILES string of the molecule is CCC1C(=O)N(C)c2cnc(Nc3ccc(C(=O)NCC(C)(C)C(C)(C)COC4CCN(C(=O)OC(C)(C)C)CC4)cc3OC)nc2N1C1CCCC1. The Hall–Kier alpha value is -4.13. The van der Waals surface area contributed by atoms with Gasteiger partial charge in [0.15, 0.2) is 5.82 Å². The van der Waals surface area contributed by atoms with Crippen molar-refractivity contribution in [2.24, 2.45) is 10.8 Å². The molecule has 1 unspecified atom stereocenters. The van der Waals surface area contributed by atoms with E-state index in [1.54, 1.807) is 48.4 Å². The van der Waals surface area contributed by atoms with Gasteiger partial charge in [0.05, 0.1) is 31.7 Å². The molecule has 1 saturated heterocycles. The van der Waals surface area contributed by atoms with E-state index in [0.717, 1.165) is 44.3 Å². The fourth-order valence-corrected chi connectivity index (χ4v) is 7.20. The van der Waals surface area contributed by atoms with Crippen molar-refractivity contribution in [2.45, 2.75) is 124 Å². The summed E-state index contributed by atoms with van der Waals surface area (Å²) in [5.41, 5.74) is 0.734. The zero-order chi connectivity index (χ0) is 38.7. The fourth-order valence-electron chi connectivity index (χ4n) is 7.20. The van der Waals surface area contributed by atoms with Gasteiger partial charge in [-0.1, -0.05) is 47.5 Å². The molecular weight excluding hydrogens is 674 g/mol. The smallest absolute Gasteiger partial charge is 0.410 e. The highest BCUT2D eigenvalue weighted by Gasteiger charge is 2.42. The molecule has 13 nitrogen and oxygen atoms in total. The third kappa shape index (κ3) is 9.16. The second-order valence-corrected chi connectivity index (χ2v) is 17.0. The molecular formula is C40H61N7O6. The average Bonchev–Trinajstić information content (AvgIpc) is 3.65. The Balaban J connectivity index is 1.19. The minimum Gasteiger partial charge on any atom is -0.495 e. The van der Waals surface area contributed by atoms with Gasteiger partial charge in [0, 0.05) is 38.3 Å². The maximum absolute atomic E-state index is 13.4. The van der Waals surface area contributed by atoms with E-state index < -0.39 is 5.60 Å². The second-order valence-electron chi connectivity index (χ2n) is 17.0. The first-order chi connectivity index (χ1) is 24.9. The van der Waals surface area contributed by atoms with Gasteiger partial charge >= 0.3 is 6.09 Å². The number of nitrogens with one attached hydrogen (secondary N) is 2. The van der Waals surface area contributed by atoms with Crippen LogP contribution in [0.15, 0.2) is 24.4 Å². The molecule has 1 aromatic carbocycles. The molecule has 0 spiro atoms. The van der Waals surface area contributed by atoms with E-state index in [1.807, 2.05) is 27.7 Å². The second kappa shape index (κ2) is 16.1. The van der Waals surface area contributed by atoms with Gasteiger partial charge in [0.1, 0.15) is 23.1 Å². The Morgan fingerprint density at radius 3 is 2.28 bits per heavy atom. The Kier molecular flexibility index (Phi) is 12.2. The molecule has 2 N–H and O–H groups in total. The maximum Gasteiger partial charge on any atom is 0.410 e. The van der Waals surface area contributed by atoms with Crippen LogP contribution in [0.4, 0.5) is 27.9 Å². The van der Waals surface area contributed by atoms with Crippen LogP contribution in [0, 0.1) is 10.8 Å². The highest BCUT2D eigenvalue weighted by atomic mass is 16.6. The van der Waals surface area contributed by atoms with Crippen LogP contribution in [0.25, 0.3) is 0 Å². The molecule has 1 saturated carbocycles. The number of piperidine rings is 1. The number of hydrogen-bond acceptors (Lipinski definition) is 10. The molecule has 2 fully saturated rings. The lowest BCUT2D eigenvalue weighted by Crippen LogP contribution is -2.55. The summed E-state index contributed by atoms with van der Waals surface area (Å²) in [5.74, 6) is 1.50. The van der Waals surface area contributed by atoms with E-state index in [2.05, 4.69) is 48.2 Å². The van der Waals surface area contributed by atoms with E-state index in [9.17, 15) is 14.4 Å². The summed E-state index contributed by atoms with van der Waals surface area (Å²) in [5, 5.41) is 6.43. The van der Waals surface area contributed by atoms with Crippen molar-refractivity contribution in [3.05, 3.63) is 30.0 Å². The maximum atomic E-state index is 13.4. The normalized spacial score (nSPS) is 18.9. The lowest BCUT2D eigenvalue weighted by molar-refractivity contribution is -0.120. The molecule has 0 radical (unpaired) electrons. The highest BCUT2D eigenvalue weighted by Crippen LogP contribution is 2.41. The summed E-state index contributed by atoms with van der Waals surface area (Å²) in [6.45, 7) is 18.4. The Labute approximate surface area is 315 Å². The van der Waals surface area contributed by atoms with Gasteiger partial charge in [0.2, 0.25) is 11.9 Å². The van der Waals surface area contributed by atoms with Crippen LogP contribution >= 0.6 is 0 Å². The molecule has 5 rings (SSSR count). The number of methoxy groups -OCH3 is 1. The Morgan fingerprint density at radius 1 is 0.981 bits per heavy atom. The molecule has 53 heavy (non-hydrogen) atoms. The van der Waals surface area contributed by atoms with Gasteiger partial charge in [-0.05, 0) is 81.9 Å². The largest absolute Gasteiger partial charge is 0.495 e. The highest BCUT2D eigenvalue weighted by molar-refractivity contribution is 6.04. The Morgan fingerprint density at radius 2 is 1.66 bits per heavy atom. The number of benzene rings is 1. The van der Waals surface area contributed by atoms with Crippen molar-refractivity contribution in [2.75, 3.05) is 55.5 Å². The molecule has 1 atom stereocenters. The number of rotatable bonds is 12. The number of anilines is 4. The van der Waals surface area contributed by atoms with Crippen molar-refractivity contribution in [1.29, 1.82) is 0 Å². The van der Waals surface area contributed by atoms with Crippen LogP contribution in [-0.2, 0) is 14.3 Å². The van der Waals surface area contributed by atoms with Gasteiger partial charge in [0.25, 0.3) is 5.91 Å². The monoisotopic (exact) mass is 735 g/mol. The number of likely N-dealkylation sites (tertiary alicyclic amines) is 1. The number of aromatic nitrogens is 2. The number of fused-ring (bicyclic) bond motifs is 1. The average molecular weight is 736 g/mol. The number of carbonyl (C=O) groups is 3. The van der Waals surface area contributed by atoms with Crippen molar-refractivity contribution in [1.82, 2.24) is 20.2 Å². The van der Waals surface area contributed by atoms with E-state index >= 15 is 0 Å². The molecule has 1 aromatic heterocycles. The van der Waals surface area contributed by atoms with Crippen molar-refractivity contribution < 1.29 is 28.6 Å². The van der Waals surface area contributed by atoms with Crippen LogP contribution in [0.1, 0.15) is 111 Å². The van der Waals surface area contributed by atoms with Crippen LogP contribution in [-0.4, -0.2) is 97.0 Å². The van der Waals surface area contributed by atoms with E-state index in [0.29, 0.717) is 61.3 Å². The molecule has 3 heterocycles. The molecule has 292 valence electrons. The molecule has 0 bridgehead atoms. The molecule has 1 aliphatic carbocycles. The number of ether oxygens (including phenoxy) is 3. The first-order valence-electron chi connectivity index (χ1n) is 19.2. The summed E-state index contributed by atoms with van der Waals surface area (Å²) < 4.78 is 17.6. The van der Waals surface area contributed by atoms with Crippen LogP contribution < -0.4 is 25.2 Å². The summed E-state index contributed by atoms with van der Waals surface area (Å²) in [6.07, 6.45) is 8.08. The van der Waals surface area contributed by atoms with Crippen molar-refractivity contribution >= 4 is 41.0 Å². The minimum atomic E-state index is -0.515. The Bertz CT molecular complexity index is 1630. The number of likely N-dealkylation sites (N-methyl/N-ethyl adjacent to an activating group) is 1. The molecule has 13 heteroatoms. The van der Waals surface area contributed by atoms with E-state index in [4.69, 9.17) is 19.2 Å². The topological polar surface area (TPSA) is 138 Å². The van der Waals surface area contributed by atoms with Crippen molar-refractivity contribution in [3.63, 3.8) is 0 Å². The first-order valence-corrected chi connectivity index (χ1v) is 19.2. The number of nitrogens with zero attached hydrogens (tertiary/aromatic N) is 5. The lowest BCUT2D eigenvalue weighted by Gasteiger charge is -2.43.